The summed E-state index contributed by atoms with van der Waals surface area (Å²) in [6, 6.07) is 10.0. The Hall–Kier alpha value is -2.29. The number of ether oxygens (including phenoxy) is 1. The van der Waals surface area contributed by atoms with E-state index < -0.39 is 12.8 Å². The van der Waals surface area contributed by atoms with Crippen LogP contribution in [-0.4, -0.2) is 17.8 Å². The Kier molecular flexibility index (Phi) is 3.06. The summed E-state index contributed by atoms with van der Waals surface area (Å²) in [4.78, 5) is 3.90. The van der Waals surface area contributed by atoms with E-state index in [1.54, 1.807) is 30.3 Å². The summed E-state index contributed by atoms with van der Waals surface area (Å²) < 4.78 is 40.7. The van der Waals surface area contributed by atoms with Gasteiger partial charge in [-0.1, -0.05) is 18.2 Å². The highest BCUT2D eigenvalue weighted by Gasteiger charge is 2.29. The van der Waals surface area contributed by atoms with Gasteiger partial charge in [0, 0.05) is 5.39 Å². The zero-order valence-corrected chi connectivity index (χ0v) is 9.03. The molecule has 1 heterocycles. The highest BCUT2D eigenvalue weighted by molar-refractivity contribution is 5.80. The van der Waals surface area contributed by atoms with E-state index in [4.69, 9.17) is 5.26 Å². The minimum absolute atomic E-state index is 0.0158. The summed E-state index contributed by atoms with van der Waals surface area (Å²) in [5.41, 5.74) is 0.464. The van der Waals surface area contributed by atoms with Gasteiger partial charge in [-0.05, 0) is 12.1 Å². The summed E-state index contributed by atoms with van der Waals surface area (Å²) in [6.45, 7) is -1.47. The van der Waals surface area contributed by atoms with Gasteiger partial charge in [-0.2, -0.15) is 18.4 Å². The van der Waals surface area contributed by atoms with Crippen molar-refractivity contribution in [2.75, 3.05) is 6.61 Å². The molecule has 0 aliphatic heterocycles. The molecule has 1 aromatic carbocycles. The number of nitrogens with zero attached hydrogens (tertiary/aromatic N) is 2. The SMILES string of the molecule is N#Cc1cc2ccccc2nc1OCC(F)(F)F. The second-order valence-electron chi connectivity index (χ2n) is 3.55. The van der Waals surface area contributed by atoms with Gasteiger partial charge < -0.3 is 4.74 Å². The smallest absolute Gasteiger partial charge is 0.422 e. The van der Waals surface area contributed by atoms with Gasteiger partial charge in [-0.25, -0.2) is 4.98 Å². The Balaban J connectivity index is 2.40. The molecular formula is C12H7F3N2O. The fraction of sp³-hybridized carbons (Fsp3) is 0.167. The molecule has 0 bridgehead atoms. The van der Waals surface area contributed by atoms with Crippen molar-refractivity contribution in [2.24, 2.45) is 0 Å². The molecule has 0 N–H and O–H groups in total. The molecule has 0 saturated heterocycles. The molecule has 2 aromatic rings. The molecule has 0 unspecified atom stereocenters. The number of nitriles is 1. The van der Waals surface area contributed by atoms with Crippen molar-refractivity contribution in [3.63, 3.8) is 0 Å². The summed E-state index contributed by atoms with van der Waals surface area (Å²) in [5, 5.41) is 9.53. The molecule has 0 radical (unpaired) electrons. The Morgan fingerprint density at radius 1 is 1.28 bits per heavy atom. The third-order valence-electron chi connectivity index (χ3n) is 2.18. The van der Waals surface area contributed by atoms with E-state index in [0.717, 1.165) is 0 Å². The van der Waals surface area contributed by atoms with Gasteiger partial charge >= 0.3 is 6.18 Å². The average molecular weight is 252 g/mol. The Morgan fingerprint density at radius 3 is 2.67 bits per heavy atom. The van der Waals surface area contributed by atoms with Gasteiger partial charge in [-0.15, -0.1) is 0 Å². The monoisotopic (exact) mass is 252 g/mol. The number of hydrogen-bond donors (Lipinski definition) is 0. The first-order valence-electron chi connectivity index (χ1n) is 4.99. The molecule has 3 nitrogen and oxygen atoms in total. The van der Waals surface area contributed by atoms with Crippen molar-refractivity contribution in [3.8, 4) is 11.9 Å². The van der Waals surface area contributed by atoms with Crippen LogP contribution in [0.4, 0.5) is 13.2 Å². The Bertz CT molecular complexity index is 617. The molecule has 0 fully saturated rings. The summed E-state index contributed by atoms with van der Waals surface area (Å²) in [7, 11) is 0. The number of pyridine rings is 1. The van der Waals surface area contributed by atoms with Crippen LogP contribution in [-0.2, 0) is 0 Å². The van der Waals surface area contributed by atoms with Crippen LogP contribution in [0.5, 0.6) is 5.88 Å². The molecular weight excluding hydrogens is 245 g/mol. The number of para-hydroxylation sites is 1. The number of benzene rings is 1. The minimum atomic E-state index is -4.46. The summed E-state index contributed by atoms with van der Waals surface area (Å²) >= 11 is 0. The van der Waals surface area contributed by atoms with E-state index in [1.165, 1.54) is 6.07 Å². The molecule has 92 valence electrons. The lowest BCUT2D eigenvalue weighted by Gasteiger charge is -2.10. The molecule has 2 rings (SSSR count). The molecule has 18 heavy (non-hydrogen) atoms. The quantitative estimate of drug-likeness (QED) is 0.825. The highest BCUT2D eigenvalue weighted by Crippen LogP contribution is 2.23. The lowest BCUT2D eigenvalue weighted by atomic mass is 10.1. The van der Waals surface area contributed by atoms with Crippen LogP contribution in [0.3, 0.4) is 0 Å². The van der Waals surface area contributed by atoms with E-state index in [0.29, 0.717) is 10.9 Å². The van der Waals surface area contributed by atoms with Crippen LogP contribution in [0.15, 0.2) is 30.3 Å². The number of rotatable bonds is 2. The summed E-state index contributed by atoms with van der Waals surface area (Å²) in [6.07, 6.45) is -4.46. The van der Waals surface area contributed by atoms with Crippen molar-refractivity contribution in [1.82, 2.24) is 4.98 Å². The topological polar surface area (TPSA) is 45.9 Å². The average Bonchev–Trinajstić information content (AvgIpc) is 2.34. The third kappa shape index (κ3) is 2.69. The second kappa shape index (κ2) is 4.53. The number of hydrogen-bond acceptors (Lipinski definition) is 3. The maximum Gasteiger partial charge on any atom is 0.422 e. The van der Waals surface area contributed by atoms with Gasteiger partial charge in [-0.3, -0.25) is 0 Å². The number of fused-ring (bicyclic) bond motifs is 1. The predicted octanol–water partition coefficient (Wildman–Crippen LogP) is 3.05. The van der Waals surface area contributed by atoms with Gasteiger partial charge in [0.1, 0.15) is 11.6 Å². The minimum Gasteiger partial charge on any atom is -0.467 e. The standard InChI is InChI=1S/C12H7F3N2O/c13-12(14,15)7-18-11-9(6-16)5-8-3-1-2-4-10(8)17-11/h1-5H,7H2. The van der Waals surface area contributed by atoms with Crippen LogP contribution >= 0.6 is 0 Å². The molecule has 6 heteroatoms. The van der Waals surface area contributed by atoms with Crippen LogP contribution in [0, 0.1) is 11.3 Å². The number of alkyl halides is 3. The zero-order chi connectivity index (χ0) is 13.2. The van der Waals surface area contributed by atoms with Gasteiger partial charge in [0.2, 0.25) is 5.88 Å². The van der Waals surface area contributed by atoms with E-state index in [-0.39, 0.29) is 11.4 Å². The van der Waals surface area contributed by atoms with E-state index in [9.17, 15) is 13.2 Å². The molecule has 0 spiro atoms. The maximum absolute atomic E-state index is 12.1. The first kappa shape index (κ1) is 12.2. The zero-order valence-electron chi connectivity index (χ0n) is 9.03. The highest BCUT2D eigenvalue weighted by atomic mass is 19.4. The van der Waals surface area contributed by atoms with Crippen LogP contribution < -0.4 is 4.74 Å². The number of halogens is 3. The van der Waals surface area contributed by atoms with Crippen molar-refractivity contribution in [2.45, 2.75) is 6.18 Å². The predicted molar refractivity (Wildman–Crippen MR) is 58.0 cm³/mol. The first-order chi connectivity index (χ1) is 8.49. The van der Waals surface area contributed by atoms with E-state index in [1.807, 2.05) is 0 Å². The van der Waals surface area contributed by atoms with E-state index in [2.05, 4.69) is 9.72 Å². The number of aromatic nitrogens is 1. The Morgan fingerprint density at radius 2 is 2.00 bits per heavy atom. The molecule has 0 aliphatic rings. The third-order valence-corrected chi connectivity index (χ3v) is 2.18. The van der Waals surface area contributed by atoms with Crippen LogP contribution in [0.1, 0.15) is 5.56 Å². The molecule has 0 aliphatic carbocycles. The van der Waals surface area contributed by atoms with E-state index >= 15 is 0 Å². The first-order valence-corrected chi connectivity index (χ1v) is 4.99. The van der Waals surface area contributed by atoms with Gasteiger partial charge in [0.05, 0.1) is 5.52 Å². The van der Waals surface area contributed by atoms with Gasteiger partial charge in [0.15, 0.2) is 6.61 Å². The maximum atomic E-state index is 12.1. The fourth-order valence-corrected chi connectivity index (χ4v) is 1.44. The van der Waals surface area contributed by atoms with Crippen molar-refractivity contribution < 1.29 is 17.9 Å². The normalized spacial score (nSPS) is 11.2. The molecule has 0 saturated carbocycles. The fourth-order valence-electron chi connectivity index (χ4n) is 1.44. The summed E-state index contributed by atoms with van der Waals surface area (Å²) in [5.74, 6) is -0.298. The van der Waals surface area contributed by atoms with Crippen molar-refractivity contribution >= 4 is 10.9 Å². The lowest BCUT2D eigenvalue weighted by Crippen LogP contribution is -2.20. The molecule has 0 amide bonds. The van der Waals surface area contributed by atoms with Crippen LogP contribution in [0.25, 0.3) is 10.9 Å². The molecule has 0 atom stereocenters. The Labute approximate surface area is 100 Å². The molecule has 1 aromatic heterocycles. The lowest BCUT2D eigenvalue weighted by molar-refractivity contribution is -0.154. The second-order valence-corrected chi connectivity index (χ2v) is 3.55. The van der Waals surface area contributed by atoms with Crippen molar-refractivity contribution in [3.05, 3.63) is 35.9 Å². The van der Waals surface area contributed by atoms with Crippen LogP contribution in [0.2, 0.25) is 0 Å². The van der Waals surface area contributed by atoms with Crippen molar-refractivity contribution in [1.29, 1.82) is 5.26 Å². The van der Waals surface area contributed by atoms with Gasteiger partial charge in [0.25, 0.3) is 0 Å². The largest absolute Gasteiger partial charge is 0.467 e.